The van der Waals surface area contributed by atoms with Crippen LogP contribution in [0.4, 0.5) is 0 Å². The average molecular weight is 294 g/mol. The number of hydrogen-bond donors (Lipinski definition) is 0. The van der Waals surface area contributed by atoms with Gasteiger partial charge in [0.1, 0.15) is 5.01 Å². The highest BCUT2D eigenvalue weighted by molar-refractivity contribution is 7.09. The van der Waals surface area contributed by atoms with Gasteiger partial charge in [-0.05, 0) is 13.0 Å². The monoisotopic (exact) mass is 294 g/mol. The Morgan fingerprint density at radius 2 is 2.05 bits per heavy atom. The van der Waals surface area contributed by atoms with Crippen LogP contribution in [0, 0.1) is 0 Å². The van der Waals surface area contributed by atoms with Crippen molar-refractivity contribution in [3.63, 3.8) is 0 Å². The summed E-state index contributed by atoms with van der Waals surface area (Å²) in [6.07, 6.45) is 0. The first-order chi connectivity index (χ1) is 9.61. The lowest BCUT2D eigenvalue weighted by Crippen LogP contribution is -2.61. The first-order valence-electron chi connectivity index (χ1n) is 7.71. The quantitative estimate of drug-likeness (QED) is 0.846. The highest BCUT2D eigenvalue weighted by Crippen LogP contribution is 2.21. The Morgan fingerprint density at radius 1 is 1.25 bits per heavy atom. The van der Waals surface area contributed by atoms with Crippen LogP contribution in [0.1, 0.15) is 30.5 Å². The molecule has 1 atom stereocenters. The zero-order valence-electron chi connectivity index (χ0n) is 12.9. The molecule has 1 aromatic heterocycles. The maximum absolute atomic E-state index is 4.78. The molecule has 0 saturated carbocycles. The Morgan fingerprint density at radius 3 is 2.80 bits per heavy atom. The van der Waals surface area contributed by atoms with Crippen molar-refractivity contribution in [2.45, 2.75) is 32.4 Å². The smallest absolute Gasteiger partial charge is 0.107 e. The number of aromatic nitrogens is 1. The van der Waals surface area contributed by atoms with Crippen LogP contribution < -0.4 is 0 Å². The fourth-order valence-corrected chi connectivity index (χ4v) is 4.17. The minimum atomic E-state index is 0.545. The van der Waals surface area contributed by atoms with E-state index in [1.807, 2.05) is 11.3 Å². The maximum atomic E-state index is 4.78. The molecule has 1 aromatic rings. The topological polar surface area (TPSA) is 22.6 Å². The molecule has 0 bridgehead atoms. The predicted molar refractivity (Wildman–Crippen MR) is 84.3 cm³/mol. The second kappa shape index (κ2) is 6.10. The molecule has 5 heteroatoms. The van der Waals surface area contributed by atoms with Crippen molar-refractivity contribution in [3.8, 4) is 0 Å². The van der Waals surface area contributed by atoms with Crippen molar-refractivity contribution in [3.05, 3.63) is 16.1 Å². The van der Waals surface area contributed by atoms with Crippen LogP contribution in [0.5, 0.6) is 0 Å². The lowest BCUT2D eigenvalue weighted by atomic mass is 10.1. The molecule has 2 aliphatic heterocycles. The first-order valence-corrected chi connectivity index (χ1v) is 8.59. The number of hydrogen-bond acceptors (Lipinski definition) is 5. The predicted octanol–water partition coefficient (Wildman–Crippen LogP) is 1.70. The summed E-state index contributed by atoms with van der Waals surface area (Å²) >= 11 is 1.82. The third-order valence-electron chi connectivity index (χ3n) is 4.50. The molecule has 0 radical (unpaired) electrons. The van der Waals surface area contributed by atoms with Crippen LogP contribution in [0.3, 0.4) is 0 Å². The second-order valence-corrected chi connectivity index (χ2v) is 7.45. The number of fused-ring (bicyclic) bond motifs is 1. The summed E-state index contributed by atoms with van der Waals surface area (Å²) < 4.78 is 0. The fourth-order valence-electron chi connectivity index (χ4n) is 3.17. The van der Waals surface area contributed by atoms with Crippen LogP contribution >= 0.6 is 11.3 Å². The molecule has 4 nitrogen and oxygen atoms in total. The van der Waals surface area contributed by atoms with E-state index in [0.29, 0.717) is 12.0 Å². The molecule has 0 unspecified atom stereocenters. The summed E-state index contributed by atoms with van der Waals surface area (Å²) in [6, 6.07) is 0.715. The molecule has 3 rings (SSSR count). The van der Waals surface area contributed by atoms with Gasteiger partial charge in [-0.3, -0.25) is 9.80 Å². The van der Waals surface area contributed by atoms with Gasteiger partial charge in [-0.25, -0.2) is 4.98 Å². The zero-order valence-corrected chi connectivity index (χ0v) is 13.7. The number of piperazine rings is 2. The summed E-state index contributed by atoms with van der Waals surface area (Å²) in [5.74, 6) is 0.545. The minimum absolute atomic E-state index is 0.545. The van der Waals surface area contributed by atoms with E-state index in [1.54, 1.807) is 0 Å². The van der Waals surface area contributed by atoms with Gasteiger partial charge in [-0.15, -0.1) is 11.3 Å². The molecule has 0 aromatic carbocycles. The first kappa shape index (κ1) is 14.4. The zero-order chi connectivity index (χ0) is 14.1. The van der Waals surface area contributed by atoms with E-state index < -0.39 is 0 Å². The van der Waals surface area contributed by atoms with E-state index >= 15 is 0 Å². The van der Waals surface area contributed by atoms with Crippen LogP contribution in [0.2, 0.25) is 0 Å². The average Bonchev–Trinajstić information content (AvgIpc) is 2.87. The number of rotatable bonds is 3. The van der Waals surface area contributed by atoms with Gasteiger partial charge in [0, 0.05) is 50.7 Å². The van der Waals surface area contributed by atoms with E-state index in [9.17, 15) is 0 Å². The van der Waals surface area contributed by atoms with E-state index in [1.165, 1.54) is 50.0 Å². The summed E-state index contributed by atoms with van der Waals surface area (Å²) in [7, 11) is 2.24. The molecule has 2 fully saturated rings. The molecule has 0 N–H and O–H groups in total. The fraction of sp³-hybridized carbons (Fsp3) is 0.800. The Bertz CT molecular complexity index is 445. The second-order valence-electron chi connectivity index (χ2n) is 6.51. The van der Waals surface area contributed by atoms with Gasteiger partial charge in [0.25, 0.3) is 0 Å². The molecular formula is C15H26N4S. The normalized spacial score (nSPS) is 26.1. The van der Waals surface area contributed by atoms with E-state index in [2.05, 4.69) is 41.0 Å². The lowest BCUT2D eigenvalue weighted by molar-refractivity contribution is 0.0175. The maximum Gasteiger partial charge on any atom is 0.107 e. The molecule has 2 aliphatic rings. The SMILES string of the molecule is CC(C)c1csc(CN2CCN3CCN(C)C[C@H]3C2)n1. The van der Waals surface area contributed by atoms with Gasteiger partial charge in [0.15, 0.2) is 0 Å². The van der Waals surface area contributed by atoms with E-state index in [-0.39, 0.29) is 0 Å². The summed E-state index contributed by atoms with van der Waals surface area (Å²) in [5, 5.41) is 3.51. The lowest BCUT2D eigenvalue weighted by Gasteiger charge is -2.46. The Kier molecular flexibility index (Phi) is 4.40. The standard InChI is InChI=1S/C15H26N4S/c1-12(2)14-11-20-15(16-14)10-18-5-7-19-6-4-17(3)8-13(19)9-18/h11-13H,4-10H2,1-3H3/t13-/m0/s1. The van der Waals surface area contributed by atoms with Crippen LogP contribution in [-0.2, 0) is 6.54 Å². The van der Waals surface area contributed by atoms with E-state index in [4.69, 9.17) is 4.98 Å². The van der Waals surface area contributed by atoms with Crippen molar-refractivity contribution < 1.29 is 0 Å². The van der Waals surface area contributed by atoms with Gasteiger partial charge in [-0.2, -0.15) is 0 Å². The third-order valence-corrected chi connectivity index (χ3v) is 5.35. The van der Waals surface area contributed by atoms with Crippen LogP contribution in [-0.4, -0.2) is 72.0 Å². The molecule has 0 amide bonds. The summed E-state index contributed by atoms with van der Waals surface area (Å²) in [4.78, 5) is 12.5. The molecule has 20 heavy (non-hydrogen) atoms. The van der Waals surface area contributed by atoms with Crippen molar-refractivity contribution >= 4 is 11.3 Å². The molecule has 2 saturated heterocycles. The van der Waals surface area contributed by atoms with Gasteiger partial charge in [0.05, 0.1) is 12.2 Å². The summed E-state index contributed by atoms with van der Waals surface area (Å²) in [6.45, 7) is 12.8. The van der Waals surface area contributed by atoms with Crippen LogP contribution in [0.15, 0.2) is 5.38 Å². The molecular weight excluding hydrogens is 268 g/mol. The number of thiazole rings is 1. The van der Waals surface area contributed by atoms with Crippen molar-refractivity contribution in [1.82, 2.24) is 19.7 Å². The highest BCUT2D eigenvalue weighted by Gasteiger charge is 2.30. The summed E-state index contributed by atoms with van der Waals surface area (Å²) in [5.41, 5.74) is 1.25. The van der Waals surface area contributed by atoms with Gasteiger partial charge in [0.2, 0.25) is 0 Å². The van der Waals surface area contributed by atoms with Crippen molar-refractivity contribution in [1.29, 1.82) is 0 Å². The van der Waals surface area contributed by atoms with E-state index in [0.717, 1.165) is 6.54 Å². The largest absolute Gasteiger partial charge is 0.303 e. The van der Waals surface area contributed by atoms with Crippen molar-refractivity contribution in [2.24, 2.45) is 0 Å². The number of nitrogens with zero attached hydrogens (tertiary/aromatic N) is 4. The number of likely N-dealkylation sites (N-methyl/N-ethyl adjacent to an activating group) is 1. The molecule has 0 spiro atoms. The minimum Gasteiger partial charge on any atom is -0.303 e. The van der Waals surface area contributed by atoms with Gasteiger partial charge in [-0.1, -0.05) is 13.8 Å². The van der Waals surface area contributed by atoms with Crippen LogP contribution in [0.25, 0.3) is 0 Å². The Balaban J connectivity index is 1.58. The highest BCUT2D eigenvalue weighted by atomic mass is 32.1. The van der Waals surface area contributed by atoms with Gasteiger partial charge >= 0.3 is 0 Å². The third kappa shape index (κ3) is 3.22. The Hall–Kier alpha value is -0.490. The van der Waals surface area contributed by atoms with Gasteiger partial charge < -0.3 is 4.90 Å². The van der Waals surface area contributed by atoms with Crippen molar-refractivity contribution in [2.75, 3.05) is 46.3 Å². The molecule has 0 aliphatic carbocycles. The molecule has 3 heterocycles. The Labute approximate surface area is 126 Å². The molecule has 112 valence electrons.